The van der Waals surface area contributed by atoms with E-state index in [0.717, 1.165) is 25.4 Å². The predicted octanol–water partition coefficient (Wildman–Crippen LogP) is 1.10. The Hall–Kier alpha value is -0.0800. The van der Waals surface area contributed by atoms with E-state index in [1.807, 2.05) is 0 Å². The Labute approximate surface area is 74.6 Å². The summed E-state index contributed by atoms with van der Waals surface area (Å²) in [6.45, 7) is 5.67. The van der Waals surface area contributed by atoms with Gasteiger partial charge >= 0.3 is 0 Å². The van der Waals surface area contributed by atoms with Gasteiger partial charge in [0.25, 0.3) is 0 Å². The molecular weight excluding hydrogens is 150 g/mol. The molecule has 0 spiro atoms. The van der Waals surface area contributed by atoms with Crippen molar-refractivity contribution in [2.75, 3.05) is 19.6 Å². The minimum Gasteiger partial charge on any atom is -0.393 e. The SMILES string of the molecule is CC1CN(CC2CC2)CCC1O. The maximum atomic E-state index is 9.52. The Balaban J connectivity index is 1.76. The maximum absolute atomic E-state index is 9.52. The van der Waals surface area contributed by atoms with Crippen LogP contribution in [0.1, 0.15) is 26.2 Å². The lowest BCUT2D eigenvalue weighted by Crippen LogP contribution is -2.42. The van der Waals surface area contributed by atoms with Crippen molar-refractivity contribution < 1.29 is 5.11 Å². The van der Waals surface area contributed by atoms with Gasteiger partial charge < -0.3 is 10.0 Å². The van der Waals surface area contributed by atoms with Crippen molar-refractivity contribution in [3.8, 4) is 0 Å². The Morgan fingerprint density at radius 3 is 2.67 bits per heavy atom. The molecule has 2 heteroatoms. The molecule has 2 nitrogen and oxygen atoms in total. The summed E-state index contributed by atoms with van der Waals surface area (Å²) in [5.41, 5.74) is 0. The third-order valence-corrected chi connectivity index (χ3v) is 3.16. The number of hydrogen-bond acceptors (Lipinski definition) is 2. The molecule has 2 rings (SSSR count). The monoisotopic (exact) mass is 169 g/mol. The zero-order valence-corrected chi connectivity index (χ0v) is 7.87. The van der Waals surface area contributed by atoms with Crippen LogP contribution in [0.4, 0.5) is 0 Å². The van der Waals surface area contributed by atoms with Crippen molar-refractivity contribution in [3.63, 3.8) is 0 Å². The molecule has 0 aromatic carbocycles. The van der Waals surface area contributed by atoms with E-state index in [-0.39, 0.29) is 6.10 Å². The molecule has 2 aliphatic rings. The fourth-order valence-electron chi connectivity index (χ4n) is 2.05. The zero-order valence-electron chi connectivity index (χ0n) is 7.87. The van der Waals surface area contributed by atoms with Crippen LogP contribution in [-0.2, 0) is 0 Å². The molecule has 2 atom stereocenters. The van der Waals surface area contributed by atoms with Gasteiger partial charge in [0, 0.05) is 19.6 Å². The highest BCUT2D eigenvalue weighted by molar-refractivity contribution is 4.82. The highest BCUT2D eigenvalue weighted by Gasteiger charge is 2.29. The predicted molar refractivity (Wildman–Crippen MR) is 49.0 cm³/mol. The van der Waals surface area contributed by atoms with Crippen LogP contribution in [0.5, 0.6) is 0 Å². The Morgan fingerprint density at radius 2 is 2.08 bits per heavy atom. The van der Waals surface area contributed by atoms with Crippen LogP contribution in [-0.4, -0.2) is 35.7 Å². The average molecular weight is 169 g/mol. The third kappa shape index (κ3) is 1.99. The lowest BCUT2D eigenvalue weighted by Gasteiger charge is -2.34. The van der Waals surface area contributed by atoms with Crippen LogP contribution < -0.4 is 0 Å². The molecule has 1 saturated carbocycles. The Morgan fingerprint density at radius 1 is 1.33 bits per heavy atom. The largest absolute Gasteiger partial charge is 0.393 e. The van der Waals surface area contributed by atoms with Crippen LogP contribution in [0.3, 0.4) is 0 Å². The minimum atomic E-state index is -0.0412. The maximum Gasteiger partial charge on any atom is 0.0590 e. The molecule has 12 heavy (non-hydrogen) atoms. The van der Waals surface area contributed by atoms with Gasteiger partial charge in [0.2, 0.25) is 0 Å². The molecule has 0 amide bonds. The molecule has 2 fully saturated rings. The number of aliphatic hydroxyl groups is 1. The van der Waals surface area contributed by atoms with Gasteiger partial charge in [0.1, 0.15) is 0 Å². The minimum absolute atomic E-state index is 0.0412. The van der Waals surface area contributed by atoms with E-state index < -0.39 is 0 Å². The molecule has 2 unspecified atom stereocenters. The fourth-order valence-corrected chi connectivity index (χ4v) is 2.05. The summed E-state index contributed by atoms with van der Waals surface area (Å²) in [4.78, 5) is 2.52. The first kappa shape index (κ1) is 8.52. The highest BCUT2D eigenvalue weighted by atomic mass is 16.3. The number of nitrogens with zero attached hydrogens (tertiary/aromatic N) is 1. The van der Waals surface area contributed by atoms with Gasteiger partial charge in [-0.05, 0) is 31.1 Å². The van der Waals surface area contributed by atoms with Crippen LogP contribution in [0, 0.1) is 11.8 Å². The van der Waals surface area contributed by atoms with Crippen LogP contribution in [0.25, 0.3) is 0 Å². The smallest absolute Gasteiger partial charge is 0.0590 e. The molecule has 0 aromatic heterocycles. The first-order valence-electron chi connectivity index (χ1n) is 5.16. The number of rotatable bonds is 2. The van der Waals surface area contributed by atoms with Crippen molar-refractivity contribution in [1.29, 1.82) is 0 Å². The van der Waals surface area contributed by atoms with E-state index in [4.69, 9.17) is 0 Å². The molecule has 1 saturated heterocycles. The summed E-state index contributed by atoms with van der Waals surface area (Å²) in [6, 6.07) is 0. The lowest BCUT2D eigenvalue weighted by molar-refractivity contribution is 0.0334. The highest BCUT2D eigenvalue weighted by Crippen LogP contribution is 2.31. The zero-order chi connectivity index (χ0) is 8.55. The fraction of sp³-hybridized carbons (Fsp3) is 1.00. The van der Waals surface area contributed by atoms with E-state index in [0.29, 0.717) is 5.92 Å². The number of hydrogen-bond donors (Lipinski definition) is 1. The van der Waals surface area contributed by atoms with Gasteiger partial charge in [-0.15, -0.1) is 0 Å². The van der Waals surface area contributed by atoms with Crippen molar-refractivity contribution in [1.82, 2.24) is 4.90 Å². The van der Waals surface area contributed by atoms with E-state index in [9.17, 15) is 5.11 Å². The van der Waals surface area contributed by atoms with Crippen molar-refractivity contribution in [2.24, 2.45) is 11.8 Å². The number of likely N-dealkylation sites (tertiary alicyclic amines) is 1. The van der Waals surface area contributed by atoms with Gasteiger partial charge in [-0.2, -0.15) is 0 Å². The van der Waals surface area contributed by atoms with Crippen LogP contribution in [0.2, 0.25) is 0 Å². The topological polar surface area (TPSA) is 23.5 Å². The third-order valence-electron chi connectivity index (χ3n) is 3.16. The summed E-state index contributed by atoms with van der Waals surface area (Å²) in [5, 5.41) is 9.52. The first-order chi connectivity index (χ1) is 5.75. The molecule has 1 aliphatic heterocycles. The van der Waals surface area contributed by atoms with Crippen molar-refractivity contribution in [2.45, 2.75) is 32.3 Å². The van der Waals surface area contributed by atoms with E-state index >= 15 is 0 Å². The summed E-state index contributed by atoms with van der Waals surface area (Å²) in [7, 11) is 0. The first-order valence-corrected chi connectivity index (χ1v) is 5.16. The standard InChI is InChI=1S/C10H19NO/c1-8-6-11(5-4-10(8)12)7-9-2-3-9/h8-10,12H,2-7H2,1H3. The average Bonchev–Trinajstić information content (AvgIpc) is 2.81. The molecule has 1 aliphatic carbocycles. The molecule has 0 aromatic rings. The van der Waals surface area contributed by atoms with E-state index in [1.54, 1.807) is 0 Å². The lowest BCUT2D eigenvalue weighted by atomic mass is 9.96. The molecule has 0 radical (unpaired) electrons. The van der Waals surface area contributed by atoms with Crippen LogP contribution >= 0.6 is 0 Å². The Kier molecular flexibility index (Phi) is 2.37. The molecule has 1 heterocycles. The second-order valence-electron chi connectivity index (χ2n) is 4.54. The van der Waals surface area contributed by atoms with E-state index in [1.165, 1.54) is 19.4 Å². The Bertz CT molecular complexity index is 156. The van der Waals surface area contributed by atoms with Gasteiger partial charge in [-0.25, -0.2) is 0 Å². The summed E-state index contributed by atoms with van der Waals surface area (Å²) < 4.78 is 0. The number of piperidine rings is 1. The quantitative estimate of drug-likeness (QED) is 0.669. The molecule has 70 valence electrons. The second kappa shape index (κ2) is 3.35. The number of aliphatic hydroxyl groups excluding tert-OH is 1. The van der Waals surface area contributed by atoms with Gasteiger partial charge in [-0.1, -0.05) is 6.92 Å². The van der Waals surface area contributed by atoms with Gasteiger partial charge in [0.15, 0.2) is 0 Å². The van der Waals surface area contributed by atoms with Gasteiger partial charge in [-0.3, -0.25) is 0 Å². The normalized spacial score (nSPS) is 38.5. The summed E-state index contributed by atoms with van der Waals surface area (Å²) in [6.07, 6.45) is 3.81. The van der Waals surface area contributed by atoms with Gasteiger partial charge in [0.05, 0.1) is 6.10 Å². The molecular formula is C10H19NO. The molecule has 0 bridgehead atoms. The van der Waals surface area contributed by atoms with Crippen molar-refractivity contribution >= 4 is 0 Å². The second-order valence-corrected chi connectivity index (χ2v) is 4.54. The van der Waals surface area contributed by atoms with E-state index in [2.05, 4.69) is 11.8 Å². The summed E-state index contributed by atoms with van der Waals surface area (Å²) >= 11 is 0. The van der Waals surface area contributed by atoms with Crippen molar-refractivity contribution in [3.05, 3.63) is 0 Å². The summed E-state index contributed by atoms with van der Waals surface area (Å²) in [5.74, 6) is 1.48. The van der Waals surface area contributed by atoms with Crippen LogP contribution in [0.15, 0.2) is 0 Å². The molecule has 1 N–H and O–H groups in total.